The summed E-state index contributed by atoms with van der Waals surface area (Å²) in [6.07, 6.45) is 3.30. The van der Waals surface area contributed by atoms with E-state index in [9.17, 15) is 0 Å². The van der Waals surface area contributed by atoms with Gasteiger partial charge in [-0.1, -0.05) is 75.9 Å². The predicted octanol–water partition coefficient (Wildman–Crippen LogP) is 7.89. The molecule has 0 bridgehead atoms. The Morgan fingerprint density at radius 1 is 1.07 bits per heavy atom. The lowest BCUT2D eigenvalue weighted by atomic mass is 9.90. The molecule has 29 heavy (non-hydrogen) atoms. The number of benzene rings is 2. The zero-order valence-electron chi connectivity index (χ0n) is 19.3. The number of anilines is 1. The maximum Gasteiger partial charge on any atom is 0.0346 e. The zero-order chi connectivity index (χ0) is 21.8. The molecule has 0 aliphatic heterocycles. The van der Waals surface area contributed by atoms with E-state index in [1.807, 2.05) is 13.8 Å². The van der Waals surface area contributed by atoms with Crippen molar-refractivity contribution in [3.05, 3.63) is 81.3 Å². The van der Waals surface area contributed by atoms with Crippen LogP contribution in [0.25, 0.3) is 4.91 Å². The molecule has 0 saturated carbocycles. The quantitative estimate of drug-likeness (QED) is 0.510. The van der Waals surface area contributed by atoms with Gasteiger partial charge in [0.15, 0.2) is 0 Å². The largest absolute Gasteiger partial charge is 0.399 e. The molecule has 0 amide bonds. The Morgan fingerprint density at radius 2 is 1.72 bits per heavy atom. The molecule has 1 aliphatic rings. The first-order valence-corrected chi connectivity index (χ1v) is 11.5. The van der Waals surface area contributed by atoms with Crippen LogP contribution < -0.4 is 5.73 Å². The van der Waals surface area contributed by atoms with E-state index in [0.717, 1.165) is 22.6 Å². The Bertz CT molecular complexity index is 918. The second kappa shape index (κ2) is 9.71. The van der Waals surface area contributed by atoms with Crippen molar-refractivity contribution in [3.63, 3.8) is 0 Å². The van der Waals surface area contributed by atoms with E-state index in [1.54, 1.807) is 11.8 Å². The number of allylic oxidation sites excluding steroid dienone is 1. The van der Waals surface area contributed by atoms with Crippen molar-refractivity contribution in [2.24, 2.45) is 5.41 Å². The molecule has 156 valence electrons. The maximum absolute atomic E-state index is 6.01. The van der Waals surface area contributed by atoms with Crippen molar-refractivity contribution in [1.82, 2.24) is 0 Å². The molecular weight excluding hydrogens is 370 g/mol. The molecule has 2 heteroatoms. The molecule has 1 nitrogen and oxygen atoms in total. The van der Waals surface area contributed by atoms with Gasteiger partial charge in [-0.3, -0.25) is 0 Å². The number of aryl methyl sites for hydroxylation is 2. The van der Waals surface area contributed by atoms with Crippen molar-refractivity contribution in [2.45, 2.75) is 67.7 Å². The van der Waals surface area contributed by atoms with E-state index >= 15 is 0 Å². The molecule has 0 radical (unpaired) electrons. The molecule has 3 rings (SSSR count). The first-order valence-electron chi connectivity index (χ1n) is 10.6. The first kappa shape index (κ1) is 23.3. The van der Waals surface area contributed by atoms with E-state index < -0.39 is 0 Å². The molecular formula is C27H37NS. The summed E-state index contributed by atoms with van der Waals surface area (Å²) in [5.41, 5.74) is 16.6. The van der Waals surface area contributed by atoms with Crippen LogP contribution in [-0.2, 0) is 19.3 Å². The van der Waals surface area contributed by atoms with Crippen molar-refractivity contribution >= 4 is 22.4 Å². The van der Waals surface area contributed by atoms with Gasteiger partial charge in [0.05, 0.1) is 0 Å². The van der Waals surface area contributed by atoms with Gasteiger partial charge in [-0.25, -0.2) is 0 Å². The van der Waals surface area contributed by atoms with E-state index in [4.69, 9.17) is 5.73 Å². The summed E-state index contributed by atoms with van der Waals surface area (Å²) in [5, 5.41) is 2.24. The van der Waals surface area contributed by atoms with Gasteiger partial charge < -0.3 is 5.73 Å². The van der Waals surface area contributed by atoms with Crippen LogP contribution in [-0.4, -0.2) is 0 Å². The Kier molecular flexibility index (Phi) is 7.82. The molecule has 0 fully saturated rings. The van der Waals surface area contributed by atoms with Crippen LogP contribution in [0.2, 0.25) is 0 Å². The van der Waals surface area contributed by atoms with Crippen LogP contribution in [0.4, 0.5) is 5.69 Å². The fraction of sp³-hybridized carbons (Fsp3) is 0.407. The molecule has 2 aromatic carbocycles. The smallest absolute Gasteiger partial charge is 0.0346 e. The third kappa shape index (κ3) is 6.02. The number of hydrogen-bond donors (Lipinski definition) is 1. The summed E-state index contributed by atoms with van der Waals surface area (Å²) in [6.45, 7) is 19.4. The van der Waals surface area contributed by atoms with Crippen molar-refractivity contribution < 1.29 is 0 Å². The van der Waals surface area contributed by atoms with Crippen LogP contribution in [0.5, 0.6) is 0 Å². The molecule has 2 aromatic rings. The van der Waals surface area contributed by atoms with Crippen molar-refractivity contribution in [2.75, 3.05) is 5.73 Å². The summed E-state index contributed by atoms with van der Waals surface area (Å²) >= 11 is 1.73. The molecule has 0 heterocycles. The summed E-state index contributed by atoms with van der Waals surface area (Å²) < 4.78 is 0. The highest BCUT2D eigenvalue weighted by molar-refractivity contribution is 8.10. The number of hydrogen-bond acceptors (Lipinski definition) is 2. The fourth-order valence-corrected chi connectivity index (χ4v) is 4.59. The Hall–Kier alpha value is -1.93. The molecule has 0 unspecified atom stereocenters. The van der Waals surface area contributed by atoms with Crippen LogP contribution in [0, 0.1) is 19.3 Å². The number of nitrogen functional groups attached to an aromatic ring is 1. The SMILES string of the molecule is C=C(S/C=C(\C)Cc1cc(C)c(N)cc1C)c1ccc2c(c1)CC(C)(C)C2.CC. The second-order valence-corrected chi connectivity index (χ2v) is 9.78. The summed E-state index contributed by atoms with van der Waals surface area (Å²) in [4.78, 5) is 1.12. The normalized spacial score (nSPS) is 14.8. The van der Waals surface area contributed by atoms with Crippen LogP contribution in [0.15, 0.2) is 47.9 Å². The lowest BCUT2D eigenvalue weighted by Gasteiger charge is -2.14. The zero-order valence-corrected chi connectivity index (χ0v) is 20.1. The number of thioether (sulfide) groups is 1. The molecule has 0 spiro atoms. The van der Waals surface area contributed by atoms with Gasteiger partial charge in [-0.2, -0.15) is 0 Å². The van der Waals surface area contributed by atoms with Gasteiger partial charge in [0.2, 0.25) is 0 Å². The van der Waals surface area contributed by atoms with Gasteiger partial charge in [0, 0.05) is 10.6 Å². The Balaban J connectivity index is 0.00000145. The number of fused-ring (bicyclic) bond motifs is 1. The fourth-order valence-electron chi connectivity index (χ4n) is 3.90. The highest BCUT2D eigenvalue weighted by Crippen LogP contribution is 2.38. The molecule has 1 aliphatic carbocycles. The van der Waals surface area contributed by atoms with Crippen LogP contribution in [0.3, 0.4) is 0 Å². The minimum Gasteiger partial charge on any atom is -0.399 e. The third-order valence-electron chi connectivity index (χ3n) is 5.46. The average molecular weight is 408 g/mol. The van der Waals surface area contributed by atoms with E-state index in [-0.39, 0.29) is 0 Å². The topological polar surface area (TPSA) is 26.0 Å². The number of rotatable bonds is 5. The minimum absolute atomic E-state index is 0.390. The first-order chi connectivity index (χ1) is 13.6. The predicted molar refractivity (Wildman–Crippen MR) is 133 cm³/mol. The lowest BCUT2D eigenvalue weighted by molar-refractivity contribution is 0.392. The van der Waals surface area contributed by atoms with Crippen LogP contribution >= 0.6 is 11.8 Å². The molecule has 0 saturated heterocycles. The maximum atomic E-state index is 6.01. The lowest BCUT2D eigenvalue weighted by Crippen LogP contribution is -2.09. The van der Waals surface area contributed by atoms with E-state index in [0.29, 0.717) is 5.41 Å². The Morgan fingerprint density at radius 3 is 2.41 bits per heavy atom. The molecule has 0 atom stereocenters. The standard InChI is InChI=1S/C25H31NS.C2H6/c1-16(9-22-10-18(3)24(26)11-17(22)2)15-27-19(4)20-7-8-21-13-25(5,6)14-23(21)12-20;1-2/h7-8,10-12,15H,4,9,13-14,26H2,1-3,5-6H3;1-2H3/b16-15+;. The minimum atomic E-state index is 0.390. The average Bonchev–Trinajstić information content (AvgIpc) is 2.98. The molecule has 0 aromatic heterocycles. The third-order valence-corrected chi connectivity index (χ3v) is 6.50. The van der Waals surface area contributed by atoms with Crippen LogP contribution in [0.1, 0.15) is 68.0 Å². The van der Waals surface area contributed by atoms with E-state index in [2.05, 4.69) is 76.9 Å². The van der Waals surface area contributed by atoms with Gasteiger partial charge >= 0.3 is 0 Å². The summed E-state index contributed by atoms with van der Waals surface area (Å²) in [5.74, 6) is 0. The van der Waals surface area contributed by atoms with Gasteiger partial charge in [0.25, 0.3) is 0 Å². The summed E-state index contributed by atoms with van der Waals surface area (Å²) in [6, 6.07) is 11.2. The van der Waals surface area contributed by atoms with Gasteiger partial charge in [-0.05, 0) is 90.3 Å². The van der Waals surface area contributed by atoms with Gasteiger partial charge in [-0.15, -0.1) is 0 Å². The monoisotopic (exact) mass is 407 g/mol. The second-order valence-electron chi connectivity index (χ2n) is 8.82. The van der Waals surface area contributed by atoms with Crippen molar-refractivity contribution in [3.8, 4) is 0 Å². The number of nitrogens with two attached hydrogens (primary N) is 1. The highest BCUT2D eigenvalue weighted by Gasteiger charge is 2.28. The van der Waals surface area contributed by atoms with E-state index in [1.165, 1.54) is 46.2 Å². The van der Waals surface area contributed by atoms with Gasteiger partial charge in [0.1, 0.15) is 0 Å². The van der Waals surface area contributed by atoms with Crippen molar-refractivity contribution in [1.29, 1.82) is 0 Å². The molecule has 2 N–H and O–H groups in total. The summed E-state index contributed by atoms with van der Waals surface area (Å²) in [7, 11) is 0. The Labute approximate surface area is 182 Å². The highest BCUT2D eigenvalue weighted by atomic mass is 32.2.